The maximum absolute atomic E-state index is 12.1. The van der Waals surface area contributed by atoms with Crippen molar-refractivity contribution in [1.29, 1.82) is 0 Å². The molecule has 0 N–H and O–H groups in total. The van der Waals surface area contributed by atoms with Gasteiger partial charge in [-0.2, -0.15) is 0 Å². The highest BCUT2D eigenvalue weighted by Gasteiger charge is 2.26. The Morgan fingerprint density at radius 2 is 1.38 bits per heavy atom. The highest BCUT2D eigenvalue weighted by atomic mass is 32.2. The Hall–Kier alpha value is -0.830. The van der Waals surface area contributed by atoms with Crippen molar-refractivity contribution in [2.45, 2.75) is 90.2 Å². The number of aryl methyl sites for hydroxylation is 2. The van der Waals surface area contributed by atoms with Crippen molar-refractivity contribution in [3.63, 3.8) is 0 Å². The first-order chi connectivity index (χ1) is 12.4. The largest absolute Gasteiger partial charge is 0.229 e. The number of rotatable bonds is 10. The molecule has 26 heavy (non-hydrogen) atoms. The van der Waals surface area contributed by atoms with Crippen LogP contribution in [0.15, 0.2) is 24.3 Å². The van der Waals surface area contributed by atoms with Crippen LogP contribution in [0, 0.1) is 11.8 Å². The number of hydrogen-bond donors (Lipinski definition) is 0. The average molecular weight is 379 g/mol. The van der Waals surface area contributed by atoms with Crippen molar-refractivity contribution in [2.24, 2.45) is 11.8 Å². The molecule has 0 aromatic heterocycles. The first-order valence-corrected chi connectivity index (χ1v) is 12.4. The van der Waals surface area contributed by atoms with Crippen molar-refractivity contribution >= 4 is 9.84 Å². The van der Waals surface area contributed by atoms with Gasteiger partial charge in [-0.05, 0) is 75.3 Å². The Labute approximate surface area is 161 Å². The molecule has 1 saturated carbocycles. The molecule has 3 heteroatoms. The van der Waals surface area contributed by atoms with Gasteiger partial charge < -0.3 is 0 Å². The molecule has 0 spiro atoms. The van der Waals surface area contributed by atoms with Gasteiger partial charge in [0.25, 0.3) is 0 Å². The summed E-state index contributed by atoms with van der Waals surface area (Å²) in [5.41, 5.74) is 2.92. The zero-order chi connectivity index (χ0) is 19.0. The van der Waals surface area contributed by atoms with Crippen molar-refractivity contribution in [1.82, 2.24) is 0 Å². The fourth-order valence-electron chi connectivity index (χ4n) is 4.06. The third-order valence-electron chi connectivity index (χ3n) is 6.07. The van der Waals surface area contributed by atoms with Gasteiger partial charge in [-0.1, -0.05) is 56.9 Å². The molecule has 148 valence electrons. The van der Waals surface area contributed by atoms with E-state index in [9.17, 15) is 8.42 Å². The fourth-order valence-corrected chi connectivity index (χ4v) is 5.43. The Kier molecular flexibility index (Phi) is 8.66. The summed E-state index contributed by atoms with van der Waals surface area (Å²) in [6.45, 7) is 5.85. The summed E-state index contributed by atoms with van der Waals surface area (Å²) in [7, 11) is -2.88. The van der Waals surface area contributed by atoms with E-state index >= 15 is 0 Å². The summed E-state index contributed by atoms with van der Waals surface area (Å²) in [6.07, 6.45) is 12.1. The molecule has 1 aromatic rings. The van der Waals surface area contributed by atoms with Crippen molar-refractivity contribution in [3.8, 4) is 0 Å². The van der Waals surface area contributed by atoms with Gasteiger partial charge in [0.15, 0.2) is 9.84 Å². The molecule has 2 rings (SSSR count). The molecule has 1 aromatic carbocycles. The van der Waals surface area contributed by atoms with Gasteiger partial charge >= 0.3 is 0 Å². The molecule has 0 heterocycles. The molecule has 0 atom stereocenters. The van der Waals surface area contributed by atoms with Crippen molar-refractivity contribution in [3.05, 3.63) is 35.4 Å². The molecule has 0 radical (unpaired) electrons. The monoisotopic (exact) mass is 378 g/mol. The Bertz CT molecular complexity index is 608. The van der Waals surface area contributed by atoms with Crippen LogP contribution in [0.3, 0.4) is 0 Å². The van der Waals surface area contributed by atoms with Crippen LogP contribution in [-0.2, 0) is 22.7 Å². The van der Waals surface area contributed by atoms with Crippen LogP contribution in [-0.4, -0.2) is 19.4 Å². The van der Waals surface area contributed by atoms with Gasteiger partial charge in [-0.15, -0.1) is 0 Å². The van der Waals surface area contributed by atoms with Crippen LogP contribution in [0.2, 0.25) is 0 Å². The van der Waals surface area contributed by atoms with Gasteiger partial charge in [0.05, 0.1) is 11.0 Å². The lowest BCUT2D eigenvalue weighted by atomic mass is 9.80. The van der Waals surface area contributed by atoms with E-state index in [2.05, 4.69) is 31.2 Å². The first-order valence-electron chi connectivity index (χ1n) is 10.7. The van der Waals surface area contributed by atoms with Crippen molar-refractivity contribution in [2.75, 3.05) is 5.75 Å². The molecule has 0 unspecified atom stereocenters. The van der Waals surface area contributed by atoms with E-state index in [4.69, 9.17) is 0 Å². The predicted molar refractivity (Wildman–Crippen MR) is 112 cm³/mol. The lowest BCUT2D eigenvalue weighted by molar-refractivity contribution is 0.274. The third-order valence-corrected chi connectivity index (χ3v) is 8.44. The molecular formula is C23H38O2S. The Balaban J connectivity index is 1.66. The maximum Gasteiger partial charge on any atom is 0.152 e. The molecule has 0 aliphatic heterocycles. The summed E-state index contributed by atoms with van der Waals surface area (Å²) in [6, 6.07) is 9.20. The van der Waals surface area contributed by atoms with E-state index in [0.29, 0.717) is 11.7 Å². The molecule has 2 nitrogen and oxygen atoms in total. The molecule has 1 aliphatic rings. The van der Waals surface area contributed by atoms with Gasteiger partial charge in [-0.3, -0.25) is 0 Å². The van der Waals surface area contributed by atoms with Gasteiger partial charge in [0.2, 0.25) is 0 Å². The van der Waals surface area contributed by atoms with E-state index in [0.717, 1.165) is 18.8 Å². The summed E-state index contributed by atoms with van der Waals surface area (Å²) in [5.74, 6) is 1.60. The second-order valence-electron chi connectivity index (χ2n) is 8.58. The van der Waals surface area contributed by atoms with Crippen LogP contribution >= 0.6 is 0 Å². The van der Waals surface area contributed by atoms with Gasteiger partial charge in [0, 0.05) is 0 Å². The van der Waals surface area contributed by atoms with E-state index in [1.807, 2.05) is 0 Å². The lowest BCUT2D eigenvalue weighted by Gasteiger charge is -2.28. The number of benzene rings is 1. The van der Waals surface area contributed by atoms with Gasteiger partial charge in [-0.25, -0.2) is 8.42 Å². The Morgan fingerprint density at radius 3 is 1.88 bits per heavy atom. The minimum Gasteiger partial charge on any atom is -0.229 e. The van der Waals surface area contributed by atoms with Crippen LogP contribution < -0.4 is 0 Å². The summed E-state index contributed by atoms with van der Waals surface area (Å²) < 4.78 is 24.2. The molecular weight excluding hydrogens is 340 g/mol. The molecule has 1 fully saturated rings. The van der Waals surface area contributed by atoms with Crippen LogP contribution in [0.1, 0.15) is 83.3 Å². The second kappa shape index (κ2) is 10.5. The third kappa shape index (κ3) is 7.06. The second-order valence-corrected chi connectivity index (χ2v) is 11.2. The molecule has 0 saturated heterocycles. The first kappa shape index (κ1) is 21.5. The van der Waals surface area contributed by atoms with Gasteiger partial charge in [0.1, 0.15) is 0 Å². The number of unbranched alkanes of at least 4 members (excludes halogenated alkanes) is 1. The Morgan fingerprint density at radius 1 is 0.885 bits per heavy atom. The minimum atomic E-state index is -2.88. The van der Waals surface area contributed by atoms with E-state index in [1.54, 1.807) is 13.8 Å². The zero-order valence-electron chi connectivity index (χ0n) is 17.0. The molecule has 0 amide bonds. The zero-order valence-corrected chi connectivity index (χ0v) is 17.9. The lowest BCUT2D eigenvalue weighted by Crippen LogP contribution is -2.26. The van der Waals surface area contributed by atoms with Crippen LogP contribution in [0.4, 0.5) is 0 Å². The molecule has 1 aliphatic carbocycles. The summed E-state index contributed by atoms with van der Waals surface area (Å²) >= 11 is 0. The highest BCUT2D eigenvalue weighted by Crippen LogP contribution is 2.33. The minimum absolute atomic E-state index is 0.228. The maximum atomic E-state index is 12.1. The van der Waals surface area contributed by atoms with Crippen LogP contribution in [0.25, 0.3) is 0 Å². The summed E-state index contributed by atoms with van der Waals surface area (Å²) in [4.78, 5) is 0. The average Bonchev–Trinajstić information content (AvgIpc) is 2.62. The van der Waals surface area contributed by atoms with Crippen molar-refractivity contribution < 1.29 is 8.42 Å². The summed E-state index contributed by atoms with van der Waals surface area (Å²) in [5, 5.41) is -0.228. The highest BCUT2D eigenvalue weighted by molar-refractivity contribution is 7.91. The molecule has 0 bridgehead atoms. The smallest absolute Gasteiger partial charge is 0.152 e. The topological polar surface area (TPSA) is 34.1 Å². The normalized spacial score (nSPS) is 21.2. The SMILES string of the molecule is CCCCc1ccc(CCCC2CCC(CS(=O)(=O)C(C)C)CC2)cc1. The van der Waals surface area contributed by atoms with Crippen LogP contribution in [0.5, 0.6) is 0 Å². The fraction of sp³-hybridized carbons (Fsp3) is 0.739. The number of hydrogen-bond acceptors (Lipinski definition) is 2. The predicted octanol–water partition coefficient (Wildman–Crippen LogP) is 5.98. The number of sulfone groups is 1. The quantitative estimate of drug-likeness (QED) is 0.502. The van der Waals surface area contributed by atoms with E-state index in [-0.39, 0.29) is 5.25 Å². The standard InChI is InChI=1S/C23H38O2S/c1-4-5-7-20-10-12-21(13-11-20)8-6-9-22-14-16-23(17-15-22)18-26(24,25)19(2)3/h10-13,19,22-23H,4-9,14-18H2,1-3H3. The van der Waals surface area contributed by atoms with E-state index < -0.39 is 9.84 Å². The van der Waals surface area contributed by atoms with E-state index in [1.165, 1.54) is 62.5 Å².